The van der Waals surface area contributed by atoms with Crippen molar-refractivity contribution in [1.82, 2.24) is 20.0 Å². The van der Waals surface area contributed by atoms with Crippen LogP contribution in [0.2, 0.25) is 0 Å². The third-order valence-corrected chi connectivity index (χ3v) is 8.16. The molecule has 0 bridgehead atoms. The molecule has 5 rings (SSSR count). The molecule has 3 fully saturated rings. The molecule has 3 aliphatic rings. The Morgan fingerprint density at radius 2 is 1.31 bits per heavy atom. The van der Waals surface area contributed by atoms with Crippen molar-refractivity contribution in [2.75, 3.05) is 84.7 Å². The van der Waals surface area contributed by atoms with Gasteiger partial charge in [-0.15, -0.1) is 24.0 Å². The monoisotopic (exact) mass is 748 g/mol. The van der Waals surface area contributed by atoms with Gasteiger partial charge in [-0.25, -0.2) is 9.18 Å². The maximum absolute atomic E-state index is 13.6. The standard InChI is InChI=1S/C25H24F7N3O4.C6H12ClNO.ClH/c26-20-3-1-17(2-4-20)23(21(36)35(22(37)33-23)6-5-34-7-9-38-10-8-34)15-39-14-16-11-18(24(27,28)29)13-19(12-16)25(30,31)32;7-1-2-8-3-5-9-6-4-8;/h1-4,11-13H,5-10,14-15H2,(H,33,37);1-6H2;1H. The lowest BCUT2D eigenvalue weighted by atomic mass is 9.90. The Labute approximate surface area is 290 Å². The van der Waals surface area contributed by atoms with Crippen molar-refractivity contribution in [2.45, 2.75) is 24.5 Å². The van der Waals surface area contributed by atoms with Crippen LogP contribution in [0, 0.1) is 5.82 Å². The number of carbonyl (C=O) groups excluding carboxylic acids is 2. The number of hydrogen-bond donors (Lipinski definition) is 1. The zero-order valence-corrected chi connectivity index (χ0v) is 27.8. The van der Waals surface area contributed by atoms with Crippen LogP contribution in [0.5, 0.6) is 0 Å². The van der Waals surface area contributed by atoms with Gasteiger partial charge < -0.3 is 19.5 Å². The molecule has 0 aromatic heterocycles. The van der Waals surface area contributed by atoms with Gasteiger partial charge in [0.15, 0.2) is 5.54 Å². The number of ether oxygens (including phenoxy) is 3. The Bertz CT molecular complexity index is 1340. The normalized spacial score (nSPS) is 20.8. The largest absolute Gasteiger partial charge is 0.416 e. The average molecular weight is 750 g/mol. The van der Waals surface area contributed by atoms with Gasteiger partial charge in [-0.3, -0.25) is 19.5 Å². The van der Waals surface area contributed by atoms with Crippen LogP contribution < -0.4 is 5.32 Å². The number of hydrogen-bond acceptors (Lipinski definition) is 7. The minimum absolute atomic E-state index is 0. The van der Waals surface area contributed by atoms with E-state index in [9.17, 15) is 40.3 Å². The summed E-state index contributed by atoms with van der Waals surface area (Å²) in [6.07, 6.45) is -10.1. The van der Waals surface area contributed by atoms with E-state index in [1.165, 1.54) is 12.1 Å². The van der Waals surface area contributed by atoms with Crippen molar-refractivity contribution >= 4 is 35.9 Å². The first kappa shape index (κ1) is 40.7. The molecule has 0 saturated carbocycles. The molecule has 0 spiro atoms. The number of rotatable bonds is 10. The van der Waals surface area contributed by atoms with E-state index in [0.717, 1.165) is 55.8 Å². The van der Waals surface area contributed by atoms with Crippen LogP contribution in [0.1, 0.15) is 22.3 Å². The molecule has 18 heteroatoms. The highest BCUT2D eigenvalue weighted by Gasteiger charge is 2.53. The first-order valence-corrected chi connectivity index (χ1v) is 15.7. The van der Waals surface area contributed by atoms with E-state index in [1.807, 2.05) is 4.90 Å². The molecular formula is C31H37Cl2F7N4O5. The molecule has 274 valence electrons. The van der Waals surface area contributed by atoms with Gasteiger partial charge in [-0.1, -0.05) is 12.1 Å². The smallest absolute Gasteiger partial charge is 0.379 e. The number of alkyl halides is 7. The summed E-state index contributed by atoms with van der Waals surface area (Å²) >= 11 is 5.55. The molecule has 1 atom stereocenters. The average Bonchev–Trinajstić information content (AvgIpc) is 3.29. The molecule has 2 aromatic rings. The predicted molar refractivity (Wildman–Crippen MR) is 167 cm³/mol. The fourth-order valence-corrected chi connectivity index (χ4v) is 5.61. The van der Waals surface area contributed by atoms with Crippen molar-refractivity contribution in [3.63, 3.8) is 0 Å². The molecule has 3 saturated heterocycles. The molecule has 0 aliphatic carbocycles. The second kappa shape index (κ2) is 18.0. The number of imide groups is 1. The van der Waals surface area contributed by atoms with Gasteiger partial charge in [0.25, 0.3) is 5.91 Å². The van der Waals surface area contributed by atoms with Gasteiger partial charge >= 0.3 is 18.4 Å². The van der Waals surface area contributed by atoms with Crippen LogP contribution in [0.4, 0.5) is 35.5 Å². The molecule has 0 radical (unpaired) electrons. The number of urea groups is 1. The van der Waals surface area contributed by atoms with Gasteiger partial charge in [-0.2, -0.15) is 26.3 Å². The maximum Gasteiger partial charge on any atom is 0.416 e. The van der Waals surface area contributed by atoms with Crippen LogP contribution in [0.25, 0.3) is 0 Å². The van der Waals surface area contributed by atoms with E-state index in [1.54, 1.807) is 0 Å². The lowest BCUT2D eigenvalue weighted by Gasteiger charge is -2.29. The van der Waals surface area contributed by atoms with Crippen LogP contribution in [-0.4, -0.2) is 111 Å². The Morgan fingerprint density at radius 3 is 1.80 bits per heavy atom. The summed E-state index contributed by atoms with van der Waals surface area (Å²) in [7, 11) is 0. The molecular weight excluding hydrogens is 712 g/mol. The number of nitrogens with zero attached hydrogens (tertiary/aromatic N) is 3. The zero-order chi connectivity index (χ0) is 35.0. The maximum atomic E-state index is 13.6. The van der Waals surface area contributed by atoms with Crippen molar-refractivity contribution in [3.05, 3.63) is 70.5 Å². The summed E-state index contributed by atoms with van der Waals surface area (Å²) in [5, 5.41) is 2.54. The topological polar surface area (TPSA) is 83.6 Å². The zero-order valence-electron chi connectivity index (χ0n) is 26.3. The number of morpholine rings is 2. The quantitative estimate of drug-likeness (QED) is 0.205. The summed E-state index contributed by atoms with van der Waals surface area (Å²) in [6, 6.07) is 4.86. The SMILES string of the molecule is Cl.ClCCN1CCOCC1.O=C1NC(COCc2cc(C(F)(F)F)cc(C(F)(F)F)c2)(c2ccc(F)cc2)C(=O)N1CCN1CCOCC1. The summed E-state index contributed by atoms with van der Waals surface area (Å²) in [5.74, 6) is -0.633. The van der Waals surface area contributed by atoms with Crippen molar-refractivity contribution in [2.24, 2.45) is 0 Å². The third-order valence-electron chi connectivity index (χ3n) is 8.00. The molecule has 3 amide bonds. The molecule has 9 nitrogen and oxygen atoms in total. The molecule has 49 heavy (non-hydrogen) atoms. The highest BCUT2D eigenvalue weighted by Crippen LogP contribution is 2.37. The van der Waals surface area contributed by atoms with Crippen LogP contribution in [0.3, 0.4) is 0 Å². The first-order valence-electron chi connectivity index (χ1n) is 15.2. The molecule has 3 aliphatic heterocycles. The fourth-order valence-electron chi connectivity index (χ4n) is 5.38. The fraction of sp³-hybridized carbons (Fsp3) is 0.548. The van der Waals surface area contributed by atoms with Gasteiger partial charge in [0.1, 0.15) is 5.82 Å². The first-order chi connectivity index (χ1) is 22.7. The van der Waals surface area contributed by atoms with E-state index in [0.29, 0.717) is 45.0 Å². The molecule has 3 heterocycles. The highest BCUT2D eigenvalue weighted by atomic mass is 35.5. The van der Waals surface area contributed by atoms with Gasteiger partial charge in [0.2, 0.25) is 0 Å². The Hall–Kier alpha value is -2.73. The molecule has 2 aromatic carbocycles. The minimum Gasteiger partial charge on any atom is -0.379 e. The van der Waals surface area contributed by atoms with E-state index in [2.05, 4.69) is 10.2 Å². The Kier molecular flexibility index (Phi) is 14.9. The summed E-state index contributed by atoms with van der Waals surface area (Å²) in [6.45, 7) is 6.06. The van der Waals surface area contributed by atoms with Gasteiger partial charge in [-0.05, 0) is 41.5 Å². The van der Waals surface area contributed by atoms with Crippen molar-refractivity contribution in [3.8, 4) is 0 Å². The summed E-state index contributed by atoms with van der Waals surface area (Å²) in [4.78, 5) is 31.6. The number of amides is 3. The second-order valence-electron chi connectivity index (χ2n) is 11.3. The highest BCUT2D eigenvalue weighted by molar-refractivity contribution is 6.18. The van der Waals surface area contributed by atoms with E-state index in [4.69, 9.17) is 25.8 Å². The van der Waals surface area contributed by atoms with E-state index in [-0.39, 0.29) is 30.6 Å². The number of nitrogens with one attached hydrogen (secondary N) is 1. The van der Waals surface area contributed by atoms with Crippen LogP contribution in [-0.2, 0) is 43.5 Å². The van der Waals surface area contributed by atoms with Crippen LogP contribution in [0.15, 0.2) is 42.5 Å². The number of carbonyl (C=O) groups is 2. The lowest BCUT2D eigenvalue weighted by Crippen LogP contribution is -2.48. The number of halogens is 9. The van der Waals surface area contributed by atoms with Crippen LogP contribution >= 0.6 is 24.0 Å². The van der Waals surface area contributed by atoms with Gasteiger partial charge in [0, 0.05) is 51.7 Å². The summed E-state index contributed by atoms with van der Waals surface area (Å²) < 4.78 is 109. The van der Waals surface area contributed by atoms with Crippen molar-refractivity contribution < 1.29 is 54.5 Å². The molecule has 1 unspecified atom stereocenters. The summed E-state index contributed by atoms with van der Waals surface area (Å²) in [5.41, 5.74) is -5.19. The predicted octanol–water partition coefficient (Wildman–Crippen LogP) is 5.14. The second-order valence-corrected chi connectivity index (χ2v) is 11.7. The number of benzene rings is 2. The van der Waals surface area contributed by atoms with E-state index < -0.39 is 65.6 Å². The van der Waals surface area contributed by atoms with Gasteiger partial charge in [0.05, 0.1) is 50.8 Å². The van der Waals surface area contributed by atoms with Crippen molar-refractivity contribution in [1.29, 1.82) is 0 Å². The van der Waals surface area contributed by atoms with E-state index >= 15 is 0 Å². The Morgan fingerprint density at radius 1 is 0.796 bits per heavy atom. The minimum atomic E-state index is -5.04. The Balaban J connectivity index is 0.000000564. The lowest BCUT2D eigenvalue weighted by molar-refractivity contribution is -0.143. The third kappa shape index (κ3) is 11.1. The molecule has 1 N–H and O–H groups in total.